The number of nitrogens with one attached hydrogen (secondary N) is 1. The average Bonchev–Trinajstić information content (AvgIpc) is 2.38. The Balaban J connectivity index is 1.95. The van der Waals surface area contributed by atoms with Crippen molar-refractivity contribution in [2.45, 2.75) is 0 Å². The lowest BCUT2D eigenvalue weighted by Crippen LogP contribution is -2.02. The Kier molecular flexibility index (Phi) is 3.39. The maximum absolute atomic E-state index is 4.08. The first-order chi connectivity index (χ1) is 7.86. The van der Waals surface area contributed by atoms with E-state index < -0.39 is 0 Å². The summed E-state index contributed by atoms with van der Waals surface area (Å²) >= 11 is 0. The van der Waals surface area contributed by atoms with Crippen molar-refractivity contribution in [2.24, 2.45) is 0 Å². The van der Waals surface area contributed by atoms with Crippen molar-refractivity contribution in [3.63, 3.8) is 0 Å². The van der Waals surface area contributed by atoms with Crippen LogP contribution in [0.15, 0.2) is 67.2 Å². The molecule has 0 saturated heterocycles. The normalized spacial score (nSPS) is 9.75. The zero-order valence-corrected chi connectivity index (χ0v) is 9.19. The highest BCUT2D eigenvalue weighted by Crippen LogP contribution is 2.13. The molecule has 1 heteroatoms. The van der Waals surface area contributed by atoms with Gasteiger partial charge in [-0.2, -0.15) is 0 Å². The van der Waals surface area contributed by atoms with Crippen LogP contribution in [-0.4, -0.2) is 6.54 Å². The molecule has 0 unspecified atom stereocenters. The molecule has 0 heterocycles. The molecule has 0 aliphatic rings. The predicted molar refractivity (Wildman–Crippen MR) is 70.4 cm³/mol. The molecule has 0 spiro atoms. The van der Waals surface area contributed by atoms with E-state index in [0.717, 1.165) is 17.8 Å². The minimum absolute atomic E-state index is 0.772. The number of rotatable bonds is 4. The third-order valence-corrected chi connectivity index (χ3v) is 2.46. The molecule has 0 bridgehead atoms. The summed E-state index contributed by atoms with van der Waals surface area (Å²) in [5.41, 5.74) is 3.41. The van der Waals surface area contributed by atoms with Crippen LogP contribution in [0.4, 0.5) is 5.69 Å². The second kappa shape index (κ2) is 5.17. The second-order valence-corrected chi connectivity index (χ2v) is 3.69. The van der Waals surface area contributed by atoms with Gasteiger partial charge in [0.15, 0.2) is 0 Å². The van der Waals surface area contributed by atoms with Crippen molar-refractivity contribution in [1.82, 2.24) is 0 Å². The van der Waals surface area contributed by atoms with Crippen LogP contribution in [0.25, 0.3) is 5.57 Å². The quantitative estimate of drug-likeness (QED) is 0.807. The van der Waals surface area contributed by atoms with Crippen LogP contribution in [0.1, 0.15) is 5.56 Å². The minimum Gasteiger partial charge on any atom is -0.381 e. The van der Waals surface area contributed by atoms with Gasteiger partial charge in [0.1, 0.15) is 0 Å². The SMILES string of the molecule is C=C(CNc1ccccc1)c1ccccc1. The average molecular weight is 209 g/mol. The minimum atomic E-state index is 0.772. The van der Waals surface area contributed by atoms with E-state index in [1.165, 1.54) is 5.56 Å². The molecule has 0 atom stereocenters. The van der Waals surface area contributed by atoms with E-state index in [4.69, 9.17) is 0 Å². The molecule has 0 aliphatic carbocycles. The summed E-state index contributed by atoms with van der Waals surface area (Å²) in [7, 11) is 0. The first-order valence-electron chi connectivity index (χ1n) is 5.38. The summed E-state index contributed by atoms with van der Waals surface area (Å²) in [6.45, 7) is 4.85. The molecule has 0 saturated carbocycles. The fraction of sp³-hybridized carbons (Fsp3) is 0.0667. The van der Waals surface area contributed by atoms with Crippen LogP contribution in [0.3, 0.4) is 0 Å². The summed E-state index contributed by atoms with van der Waals surface area (Å²) in [6, 6.07) is 20.4. The highest BCUT2D eigenvalue weighted by Gasteiger charge is 1.97. The van der Waals surface area contributed by atoms with Gasteiger partial charge in [-0.3, -0.25) is 0 Å². The van der Waals surface area contributed by atoms with Gasteiger partial charge in [-0.15, -0.1) is 0 Å². The molecule has 16 heavy (non-hydrogen) atoms. The number of para-hydroxylation sites is 1. The highest BCUT2D eigenvalue weighted by molar-refractivity contribution is 5.67. The summed E-state index contributed by atoms with van der Waals surface area (Å²) in [5, 5.41) is 3.34. The first-order valence-corrected chi connectivity index (χ1v) is 5.38. The number of hydrogen-bond acceptors (Lipinski definition) is 1. The van der Waals surface area contributed by atoms with Gasteiger partial charge in [0.2, 0.25) is 0 Å². The van der Waals surface area contributed by atoms with Crippen LogP contribution in [0.2, 0.25) is 0 Å². The Labute approximate surface area is 96.4 Å². The fourth-order valence-electron chi connectivity index (χ4n) is 1.54. The Bertz CT molecular complexity index is 445. The molecule has 2 aromatic rings. The molecule has 0 radical (unpaired) electrons. The molecule has 2 rings (SSSR count). The third-order valence-electron chi connectivity index (χ3n) is 2.46. The molecule has 0 aromatic heterocycles. The molecule has 0 amide bonds. The number of benzene rings is 2. The van der Waals surface area contributed by atoms with E-state index in [-0.39, 0.29) is 0 Å². The Morgan fingerprint density at radius 3 is 2.06 bits per heavy atom. The summed E-state index contributed by atoms with van der Waals surface area (Å²) in [6.07, 6.45) is 0. The topological polar surface area (TPSA) is 12.0 Å². The smallest absolute Gasteiger partial charge is 0.0400 e. The van der Waals surface area contributed by atoms with E-state index in [0.29, 0.717) is 0 Å². The van der Waals surface area contributed by atoms with E-state index in [1.807, 2.05) is 36.4 Å². The molecule has 0 fully saturated rings. The molecule has 2 aromatic carbocycles. The van der Waals surface area contributed by atoms with Gasteiger partial charge in [-0.05, 0) is 23.3 Å². The van der Waals surface area contributed by atoms with Crippen molar-refractivity contribution < 1.29 is 0 Å². The van der Waals surface area contributed by atoms with E-state index in [9.17, 15) is 0 Å². The van der Waals surface area contributed by atoms with Gasteiger partial charge in [-0.25, -0.2) is 0 Å². The first kappa shape index (κ1) is 10.5. The van der Waals surface area contributed by atoms with E-state index in [2.05, 4.69) is 36.2 Å². The molecule has 0 aliphatic heterocycles. The van der Waals surface area contributed by atoms with Crippen LogP contribution in [0, 0.1) is 0 Å². The van der Waals surface area contributed by atoms with Gasteiger partial charge >= 0.3 is 0 Å². The lowest BCUT2D eigenvalue weighted by Gasteiger charge is -2.08. The Morgan fingerprint density at radius 2 is 1.44 bits per heavy atom. The standard InChI is InChI=1S/C15H15N/c1-13(14-8-4-2-5-9-14)12-16-15-10-6-3-7-11-15/h2-11,16H,1,12H2. The van der Waals surface area contributed by atoms with E-state index >= 15 is 0 Å². The van der Waals surface area contributed by atoms with Gasteiger partial charge < -0.3 is 5.32 Å². The van der Waals surface area contributed by atoms with Crippen molar-refractivity contribution in [3.05, 3.63) is 72.8 Å². The predicted octanol–water partition coefficient (Wildman–Crippen LogP) is 3.81. The number of anilines is 1. The van der Waals surface area contributed by atoms with E-state index in [1.54, 1.807) is 0 Å². The highest BCUT2D eigenvalue weighted by atomic mass is 14.9. The Morgan fingerprint density at radius 1 is 0.875 bits per heavy atom. The molecule has 80 valence electrons. The second-order valence-electron chi connectivity index (χ2n) is 3.69. The maximum atomic E-state index is 4.08. The van der Waals surface area contributed by atoms with Gasteiger partial charge in [0, 0.05) is 12.2 Å². The third kappa shape index (κ3) is 2.74. The maximum Gasteiger partial charge on any atom is 0.0400 e. The van der Waals surface area contributed by atoms with Gasteiger partial charge in [0.05, 0.1) is 0 Å². The van der Waals surface area contributed by atoms with Crippen molar-refractivity contribution >= 4 is 11.3 Å². The summed E-state index contributed by atoms with van der Waals surface area (Å²) < 4.78 is 0. The summed E-state index contributed by atoms with van der Waals surface area (Å²) in [5.74, 6) is 0. The van der Waals surface area contributed by atoms with Crippen molar-refractivity contribution in [2.75, 3.05) is 11.9 Å². The Hall–Kier alpha value is -2.02. The zero-order chi connectivity index (χ0) is 11.2. The van der Waals surface area contributed by atoms with Gasteiger partial charge in [0.25, 0.3) is 0 Å². The molecule has 1 N–H and O–H groups in total. The summed E-state index contributed by atoms with van der Waals surface area (Å²) in [4.78, 5) is 0. The number of hydrogen-bond donors (Lipinski definition) is 1. The van der Waals surface area contributed by atoms with Crippen molar-refractivity contribution in [3.8, 4) is 0 Å². The van der Waals surface area contributed by atoms with Crippen LogP contribution < -0.4 is 5.32 Å². The van der Waals surface area contributed by atoms with Crippen LogP contribution in [0.5, 0.6) is 0 Å². The largest absolute Gasteiger partial charge is 0.381 e. The van der Waals surface area contributed by atoms with Gasteiger partial charge in [-0.1, -0.05) is 55.1 Å². The van der Waals surface area contributed by atoms with Crippen LogP contribution >= 0.6 is 0 Å². The molecular formula is C15H15N. The van der Waals surface area contributed by atoms with Crippen molar-refractivity contribution in [1.29, 1.82) is 0 Å². The van der Waals surface area contributed by atoms with Crippen LogP contribution in [-0.2, 0) is 0 Å². The zero-order valence-electron chi connectivity index (χ0n) is 9.19. The molecular weight excluding hydrogens is 194 g/mol. The lowest BCUT2D eigenvalue weighted by atomic mass is 10.1. The molecule has 1 nitrogen and oxygen atoms in total. The lowest BCUT2D eigenvalue weighted by molar-refractivity contribution is 1.34. The monoisotopic (exact) mass is 209 g/mol. The fourth-order valence-corrected chi connectivity index (χ4v) is 1.54.